The molecule has 1 aliphatic rings. The Kier molecular flexibility index (Phi) is 4.63. The molecule has 17 heavy (non-hydrogen) atoms. The highest BCUT2D eigenvalue weighted by Crippen LogP contribution is 2.18. The molecule has 3 N–H and O–H groups in total. The predicted molar refractivity (Wildman–Crippen MR) is 69.9 cm³/mol. The molecular formula is C14H24N2O. The molecule has 0 saturated heterocycles. The topological polar surface area (TPSA) is 51.2 Å². The van der Waals surface area contributed by atoms with Gasteiger partial charge in [0.2, 0.25) is 0 Å². The van der Waals surface area contributed by atoms with Gasteiger partial charge in [0.25, 0.3) is 0 Å². The summed E-state index contributed by atoms with van der Waals surface area (Å²) in [5.41, 5.74) is 5.91. The van der Waals surface area contributed by atoms with Gasteiger partial charge in [-0.25, -0.2) is 0 Å². The van der Waals surface area contributed by atoms with Crippen molar-refractivity contribution in [3.63, 3.8) is 0 Å². The summed E-state index contributed by atoms with van der Waals surface area (Å²) in [7, 11) is 0. The Balaban J connectivity index is 1.65. The third-order valence-corrected chi connectivity index (χ3v) is 3.70. The maximum absolute atomic E-state index is 5.91. The van der Waals surface area contributed by atoms with Gasteiger partial charge in [-0.1, -0.05) is 0 Å². The summed E-state index contributed by atoms with van der Waals surface area (Å²) in [5, 5.41) is 3.70. The van der Waals surface area contributed by atoms with Crippen LogP contribution < -0.4 is 11.1 Å². The van der Waals surface area contributed by atoms with Crippen molar-refractivity contribution in [2.75, 3.05) is 0 Å². The van der Waals surface area contributed by atoms with E-state index in [0.29, 0.717) is 18.1 Å². The highest BCUT2D eigenvalue weighted by atomic mass is 16.3. The quantitative estimate of drug-likeness (QED) is 0.825. The van der Waals surface area contributed by atoms with E-state index in [1.165, 1.54) is 25.7 Å². The van der Waals surface area contributed by atoms with E-state index in [1.54, 1.807) is 6.26 Å². The van der Waals surface area contributed by atoms with Crippen molar-refractivity contribution < 1.29 is 4.42 Å². The second-order valence-corrected chi connectivity index (χ2v) is 5.30. The molecule has 1 heterocycles. The lowest BCUT2D eigenvalue weighted by Gasteiger charge is -2.29. The van der Waals surface area contributed by atoms with E-state index in [1.807, 2.05) is 12.1 Å². The fourth-order valence-electron chi connectivity index (χ4n) is 2.59. The molecule has 3 heteroatoms. The van der Waals surface area contributed by atoms with E-state index in [9.17, 15) is 0 Å². The molecule has 0 radical (unpaired) electrons. The van der Waals surface area contributed by atoms with Crippen LogP contribution in [0, 0.1) is 0 Å². The molecule has 1 fully saturated rings. The van der Waals surface area contributed by atoms with Crippen LogP contribution in [0.1, 0.15) is 44.8 Å². The Morgan fingerprint density at radius 3 is 2.82 bits per heavy atom. The van der Waals surface area contributed by atoms with Gasteiger partial charge in [-0.05, 0) is 51.2 Å². The fraction of sp³-hybridized carbons (Fsp3) is 0.714. The molecule has 1 saturated carbocycles. The summed E-state index contributed by atoms with van der Waals surface area (Å²) < 4.78 is 5.34. The third kappa shape index (κ3) is 4.17. The van der Waals surface area contributed by atoms with Gasteiger partial charge in [0.05, 0.1) is 6.26 Å². The van der Waals surface area contributed by atoms with Gasteiger partial charge in [0.15, 0.2) is 0 Å². The van der Waals surface area contributed by atoms with E-state index in [4.69, 9.17) is 10.2 Å². The summed E-state index contributed by atoms with van der Waals surface area (Å²) in [6.07, 6.45) is 8.70. The van der Waals surface area contributed by atoms with Crippen LogP contribution in [0.25, 0.3) is 0 Å². The van der Waals surface area contributed by atoms with E-state index in [-0.39, 0.29) is 0 Å². The van der Waals surface area contributed by atoms with Gasteiger partial charge in [-0.2, -0.15) is 0 Å². The predicted octanol–water partition coefficient (Wildman–Crippen LogP) is 2.46. The van der Waals surface area contributed by atoms with Crippen molar-refractivity contribution in [3.05, 3.63) is 24.2 Å². The summed E-state index contributed by atoms with van der Waals surface area (Å²) >= 11 is 0. The van der Waals surface area contributed by atoms with Crippen molar-refractivity contribution in [2.24, 2.45) is 5.73 Å². The fourth-order valence-corrected chi connectivity index (χ4v) is 2.59. The van der Waals surface area contributed by atoms with Gasteiger partial charge in [-0.3, -0.25) is 0 Å². The smallest absolute Gasteiger partial charge is 0.103 e. The highest BCUT2D eigenvalue weighted by molar-refractivity contribution is 4.98. The minimum absolute atomic E-state index is 0.437. The average Bonchev–Trinajstić information content (AvgIpc) is 2.83. The number of hydrogen-bond donors (Lipinski definition) is 2. The minimum atomic E-state index is 0.437. The van der Waals surface area contributed by atoms with Crippen molar-refractivity contribution in [1.29, 1.82) is 0 Å². The van der Waals surface area contributed by atoms with E-state index < -0.39 is 0 Å². The number of nitrogens with two attached hydrogens (primary N) is 1. The number of nitrogens with one attached hydrogen (secondary N) is 1. The Labute approximate surface area is 104 Å². The monoisotopic (exact) mass is 236 g/mol. The zero-order valence-electron chi connectivity index (χ0n) is 10.7. The summed E-state index contributed by atoms with van der Waals surface area (Å²) in [6, 6.07) is 5.66. The first-order valence-corrected chi connectivity index (χ1v) is 6.78. The molecule has 1 atom stereocenters. The van der Waals surface area contributed by atoms with Crippen molar-refractivity contribution in [1.82, 2.24) is 5.32 Å². The molecule has 0 aromatic carbocycles. The average molecular weight is 236 g/mol. The number of aryl methyl sites for hydroxylation is 1. The van der Waals surface area contributed by atoms with Crippen LogP contribution in [-0.2, 0) is 6.42 Å². The second-order valence-electron chi connectivity index (χ2n) is 5.30. The lowest BCUT2D eigenvalue weighted by Crippen LogP contribution is -2.41. The van der Waals surface area contributed by atoms with Crippen molar-refractivity contribution in [3.8, 4) is 0 Å². The van der Waals surface area contributed by atoms with Gasteiger partial charge < -0.3 is 15.5 Å². The lowest BCUT2D eigenvalue weighted by molar-refractivity contribution is 0.312. The van der Waals surface area contributed by atoms with Gasteiger partial charge in [0.1, 0.15) is 5.76 Å². The molecule has 1 unspecified atom stereocenters. The Bertz CT molecular complexity index is 302. The van der Waals surface area contributed by atoms with Gasteiger partial charge in [-0.15, -0.1) is 0 Å². The van der Waals surface area contributed by atoms with Crippen LogP contribution in [0.4, 0.5) is 0 Å². The molecule has 0 amide bonds. The van der Waals surface area contributed by atoms with E-state index >= 15 is 0 Å². The van der Waals surface area contributed by atoms with Crippen LogP contribution in [0.2, 0.25) is 0 Å². The molecule has 96 valence electrons. The molecule has 1 aromatic heterocycles. The van der Waals surface area contributed by atoms with E-state index in [0.717, 1.165) is 18.6 Å². The van der Waals surface area contributed by atoms with Gasteiger partial charge in [0, 0.05) is 24.5 Å². The Morgan fingerprint density at radius 2 is 2.18 bits per heavy atom. The lowest BCUT2D eigenvalue weighted by atomic mass is 9.91. The molecule has 0 spiro atoms. The standard InChI is InChI=1S/C14H24N2O/c1-11(4-9-14-3-2-10-17-14)16-13-7-5-12(15)6-8-13/h2-3,10-13,16H,4-9,15H2,1H3. The highest BCUT2D eigenvalue weighted by Gasteiger charge is 2.19. The van der Waals surface area contributed by atoms with Crippen LogP contribution in [0.5, 0.6) is 0 Å². The van der Waals surface area contributed by atoms with Crippen LogP contribution in [-0.4, -0.2) is 18.1 Å². The van der Waals surface area contributed by atoms with Crippen molar-refractivity contribution in [2.45, 2.75) is 63.6 Å². The molecule has 3 nitrogen and oxygen atoms in total. The number of furan rings is 1. The molecule has 1 aromatic rings. The Morgan fingerprint density at radius 1 is 1.41 bits per heavy atom. The first-order valence-electron chi connectivity index (χ1n) is 6.78. The zero-order chi connectivity index (χ0) is 12.1. The van der Waals surface area contributed by atoms with E-state index in [2.05, 4.69) is 12.2 Å². The largest absolute Gasteiger partial charge is 0.469 e. The first kappa shape index (κ1) is 12.7. The summed E-state index contributed by atoms with van der Waals surface area (Å²) in [6.45, 7) is 2.26. The molecular weight excluding hydrogens is 212 g/mol. The SMILES string of the molecule is CC(CCc1ccco1)NC1CCC(N)CC1. The third-order valence-electron chi connectivity index (χ3n) is 3.70. The van der Waals surface area contributed by atoms with Crippen LogP contribution >= 0.6 is 0 Å². The van der Waals surface area contributed by atoms with Crippen LogP contribution in [0.3, 0.4) is 0 Å². The molecule has 0 bridgehead atoms. The second kappa shape index (κ2) is 6.22. The maximum Gasteiger partial charge on any atom is 0.103 e. The van der Waals surface area contributed by atoms with Crippen molar-refractivity contribution >= 4 is 0 Å². The normalized spacial score (nSPS) is 26.9. The Hall–Kier alpha value is -0.800. The molecule has 0 aliphatic heterocycles. The first-order chi connectivity index (χ1) is 8.24. The molecule has 1 aliphatic carbocycles. The maximum atomic E-state index is 5.91. The van der Waals surface area contributed by atoms with Gasteiger partial charge >= 0.3 is 0 Å². The summed E-state index contributed by atoms with van der Waals surface area (Å²) in [4.78, 5) is 0. The zero-order valence-corrected chi connectivity index (χ0v) is 10.7. The summed E-state index contributed by atoms with van der Waals surface area (Å²) in [5.74, 6) is 1.09. The molecule has 2 rings (SSSR count). The minimum Gasteiger partial charge on any atom is -0.469 e. The van der Waals surface area contributed by atoms with Crippen LogP contribution in [0.15, 0.2) is 22.8 Å². The number of rotatable bonds is 5. The number of hydrogen-bond acceptors (Lipinski definition) is 3.